The van der Waals surface area contributed by atoms with Crippen molar-refractivity contribution in [3.63, 3.8) is 0 Å². The van der Waals surface area contributed by atoms with Gasteiger partial charge in [-0.3, -0.25) is 4.79 Å². The summed E-state index contributed by atoms with van der Waals surface area (Å²) in [6, 6.07) is 0. The lowest BCUT2D eigenvalue weighted by Gasteiger charge is -2.02. The summed E-state index contributed by atoms with van der Waals surface area (Å²) in [5, 5.41) is 0.421. The van der Waals surface area contributed by atoms with Crippen molar-refractivity contribution in [2.75, 3.05) is 5.75 Å². The van der Waals surface area contributed by atoms with E-state index in [2.05, 4.69) is 13.8 Å². The summed E-state index contributed by atoms with van der Waals surface area (Å²) in [6.45, 7) is 4.49. The molecule has 0 aromatic heterocycles. The summed E-state index contributed by atoms with van der Waals surface area (Å²) in [6.07, 6.45) is 17.8. The van der Waals surface area contributed by atoms with E-state index in [0.717, 1.165) is 18.6 Å². The molecule has 0 spiro atoms. The maximum atomic E-state index is 11.6. The van der Waals surface area contributed by atoms with Crippen molar-refractivity contribution in [2.45, 2.75) is 104 Å². The van der Waals surface area contributed by atoms with Crippen molar-refractivity contribution in [1.29, 1.82) is 0 Å². The highest BCUT2D eigenvalue weighted by molar-refractivity contribution is 8.13. The smallest absolute Gasteiger partial charge is 0.188 e. The van der Waals surface area contributed by atoms with E-state index in [1.165, 1.54) is 77.0 Å². The molecular formula is C18H36OS. The third-order valence-corrected chi connectivity index (χ3v) is 4.76. The monoisotopic (exact) mass is 300 g/mol. The summed E-state index contributed by atoms with van der Waals surface area (Å²) < 4.78 is 0. The van der Waals surface area contributed by atoms with Crippen LogP contribution < -0.4 is 0 Å². The molecule has 0 aliphatic carbocycles. The van der Waals surface area contributed by atoms with Crippen molar-refractivity contribution in [3.05, 3.63) is 0 Å². The van der Waals surface area contributed by atoms with Gasteiger partial charge in [0.05, 0.1) is 0 Å². The molecule has 0 N–H and O–H groups in total. The zero-order valence-electron chi connectivity index (χ0n) is 13.9. The fourth-order valence-corrected chi connectivity index (χ4v) is 3.23. The molecule has 0 aliphatic rings. The van der Waals surface area contributed by atoms with E-state index in [9.17, 15) is 4.79 Å². The maximum Gasteiger partial charge on any atom is 0.188 e. The number of carbonyl (C=O) groups is 1. The second kappa shape index (κ2) is 17.1. The Balaban J connectivity index is 3.11. The normalized spacial score (nSPS) is 10.9. The number of hydrogen-bond acceptors (Lipinski definition) is 2. The van der Waals surface area contributed by atoms with Crippen molar-refractivity contribution < 1.29 is 4.79 Å². The molecule has 0 unspecified atom stereocenters. The maximum absolute atomic E-state index is 11.6. The van der Waals surface area contributed by atoms with E-state index in [4.69, 9.17) is 0 Å². The first kappa shape index (κ1) is 20.0. The Bertz CT molecular complexity index is 204. The van der Waals surface area contributed by atoms with Crippen molar-refractivity contribution in [2.24, 2.45) is 0 Å². The Morgan fingerprint density at radius 3 is 1.65 bits per heavy atom. The molecule has 0 bridgehead atoms. The first-order valence-corrected chi connectivity index (χ1v) is 9.95. The predicted molar refractivity (Wildman–Crippen MR) is 93.5 cm³/mol. The minimum absolute atomic E-state index is 0.421. The van der Waals surface area contributed by atoms with Crippen LogP contribution in [0.15, 0.2) is 0 Å². The van der Waals surface area contributed by atoms with E-state index < -0.39 is 0 Å². The highest BCUT2D eigenvalue weighted by Crippen LogP contribution is 2.15. The Morgan fingerprint density at radius 1 is 0.650 bits per heavy atom. The Hall–Kier alpha value is 0.0200. The van der Waals surface area contributed by atoms with Gasteiger partial charge >= 0.3 is 0 Å². The van der Waals surface area contributed by atoms with Gasteiger partial charge < -0.3 is 0 Å². The van der Waals surface area contributed by atoms with E-state index in [1.54, 1.807) is 11.8 Å². The fourth-order valence-electron chi connectivity index (χ4n) is 2.37. The molecule has 0 aliphatic heterocycles. The van der Waals surface area contributed by atoms with Gasteiger partial charge in [0.25, 0.3) is 0 Å². The summed E-state index contributed by atoms with van der Waals surface area (Å²) >= 11 is 1.57. The first-order valence-electron chi connectivity index (χ1n) is 8.96. The second-order valence-corrected chi connectivity index (χ2v) is 7.01. The molecule has 0 saturated heterocycles. The largest absolute Gasteiger partial charge is 0.287 e. The van der Waals surface area contributed by atoms with Crippen LogP contribution in [0.5, 0.6) is 0 Å². The quantitative estimate of drug-likeness (QED) is 0.311. The lowest BCUT2D eigenvalue weighted by atomic mass is 10.1. The number of carbonyl (C=O) groups excluding carboxylic acids is 1. The summed E-state index contributed by atoms with van der Waals surface area (Å²) in [7, 11) is 0. The van der Waals surface area contributed by atoms with Crippen molar-refractivity contribution in [3.8, 4) is 0 Å². The molecule has 0 fully saturated rings. The average molecular weight is 301 g/mol. The fraction of sp³-hybridized carbons (Fsp3) is 0.944. The lowest BCUT2D eigenvalue weighted by molar-refractivity contribution is -0.111. The van der Waals surface area contributed by atoms with Crippen LogP contribution in [0.1, 0.15) is 104 Å². The zero-order valence-corrected chi connectivity index (χ0v) is 14.7. The third kappa shape index (κ3) is 16.1. The minimum atomic E-state index is 0.421. The molecule has 0 amide bonds. The molecule has 0 radical (unpaired) electrons. The van der Waals surface area contributed by atoms with Gasteiger partial charge in [-0.1, -0.05) is 96.2 Å². The van der Waals surface area contributed by atoms with Crippen LogP contribution in [0.2, 0.25) is 0 Å². The number of thioether (sulfide) groups is 1. The van der Waals surface area contributed by atoms with E-state index in [0.29, 0.717) is 5.12 Å². The summed E-state index contributed by atoms with van der Waals surface area (Å²) in [4.78, 5) is 11.6. The number of unbranched alkanes of at least 4 members (excludes halogenated alkanes) is 11. The Kier molecular flexibility index (Phi) is 17.1. The molecule has 0 aromatic rings. The van der Waals surface area contributed by atoms with Crippen LogP contribution in [0.4, 0.5) is 0 Å². The van der Waals surface area contributed by atoms with Crippen LogP contribution in [0, 0.1) is 0 Å². The highest BCUT2D eigenvalue weighted by Gasteiger charge is 2.02. The van der Waals surface area contributed by atoms with Gasteiger partial charge in [-0.2, -0.15) is 0 Å². The van der Waals surface area contributed by atoms with E-state index in [-0.39, 0.29) is 0 Å². The van der Waals surface area contributed by atoms with Gasteiger partial charge in [-0.05, 0) is 12.8 Å². The summed E-state index contributed by atoms with van der Waals surface area (Å²) in [5.41, 5.74) is 0. The molecule has 20 heavy (non-hydrogen) atoms. The molecule has 1 nitrogen and oxygen atoms in total. The number of hydrogen-bond donors (Lipinski definition) is 0. The Morgan fingerprint density at radius 2 is 1.10 bits per heavy atom. The van der Waals surface area contributed by atoms with Gasteiger partial charge in [-0.15, -0.1) is 0 Å². The van der Waals surface area contributed by atoms with E-state index >= 15 is 0 Å². The topological polar surface area (TPSA) is 17.1 Å². The number of rotatable bonds is 15. The van der Waals surface area contributed by atoms with Crippen LogP contribution in [-0.4, -0.2) is 10.9 Å². The van der Waals surface area contributed by atoms with Gasteiger partial charge in [0, 0.05) is 12.2 Å². The van der Waals surface area contributed by atoms with Gasteiger partial charge in [0.15, 0.2) is 5.12 Å². The van der Waals surface area contributed by atoms with Crippen LogP contribution in [0.25, 0.3) is 0 Å². The van der Waals surface area contributed by atoms with Gasteiger partial charge in [0.2, 0.25) is 0 Å². The molecular weight excluding hydrogens is 264 g/mol. The molecule has 120 valence electrons. The highest BCUT2D eigenvalue weighted by atomic mass is 32.2. The summed E-state index contributed by atoms with van der Waals surface area (Å²) in [5.74, 6) is 1.04. The van der Waals surface area contributed by atoms with Crippen molar-refractivity contribution in [1.82, 2.24) is 0 Å². The van der Waals surface area contributed by atoms with Gasteiger partial charge in [-0.25, -0.2) is 0 Å². The molecule has 2 heteroatoms. The minimum Gasteiger partial charge on any atom is -0.287 e. The standard InChI is InChI=1S/C18H36OS/c1-3-5-7-9-10-11-12-13-14-16-18(19)20-17-15-8-6-4-2/h3-17H2,1-2H3. The molecule has 0 heterocycles. The lowest BCUT2D eigenvalue weighted by Crippen LogP contribution is -1.94. The van der Waals surface area contributed by atoms with Crippen LogP contribution in [-0.2, 0) is 4.79 Å². The second-order valence-electron chi connectivity index (χ2n) is 5.86. The average Bonchev–Trinajstić information content (AvgIpc) is 2.45. The molecule has 0 aromatic carbocycles. The molecule has 0 saturated carbocycles. The molecule has 0 atom stereocenters. The molecule has 0 rings (SSSR count). The van der Waals surface area contributed by atoms with Gasteiger partial charge in [0.1, 0.15) is 0 Å². The predicted octanol–water partition coefficient (Wildman–Crippen LogP) is 6.75. The first-order chi connectivity index (χ1) is 9.81. The zero-order chi connectivity index (χ0) is 14.9. The van der Waals surface area contributed by atoms with Crippen LogP contribution in [0.3, 0.4) is 0 Å². The van der Waals surface area contributed by atoms with E-state index in [1.807, 2.05) is 0 Å². The van der Waals surface area contributed by atoms with Crippen molar-refractivity contribution >= 4 is 16.9 Å². The SMILES string of the molecule is CCCCCCCCCCCC(=O)SCCCCCC. The third-order valence-electron chi connectivity index (χ3n) is 3.75. The van der Waals surface area contributed by atoms with Crippen LogP contribution >= 0.6 is 11.8 Å². The Labute approximate surface area is 131 Å².